The number of aliphatic hydroxyl groups excluding tert-OH is 3. The number of carbonyl (C=O) groups is 5. The fraction of sp³-hybridized carbons (Fsp3) is 0.364. The first kappa shape index (κ1) is 123. The molecule has 2 radical (unpaired) electrons. The number of para-hydroxylation sites is 5. The number of aromatic hydroxyl groups is 1. The van der Waals surface area contributed by atoms with Gasteiger partial charge in [0.1, 0.15) is 28.7 Å². The summed E-state index contributed by atoms with van der Waals surface area (Å²) in [5.74, 6) is 1.41. The summed E-state index contributed by atoms with van der Waals surface area (Å²) < 4.78 is 46.5. The number of esters is 4. The molecule has 17 rings (SSSR count). The number of halogens is 2. The van der Waals surface area contributed by atoms with Crippen LogP contribution in [0.25, 0.3) is 0 Å². The predicted octanol–water partition coefficient (Wildman–Crippen LogP) is 12.9. The maximum Gasteiger partial charge on any atom is 1.00 e. The standard InChI is InChI=1S/2C19H19N3O4.C13H14ClN3O3.C11H11N3O3.C9H7N3O3.C6H6O.3C5H11N.C4H9N.CH3B.CH3Br.CH4.K.H2O/c2*1-2-25-19(24)17-18(26-16-6-4-3-5-7-16)22(21-20-17)12-14-8-10-15(13-23)11-9-14;1-2-20-13(19)11-12(14)17(16-15-11)7-9-3-5-10(8-18)6-4-9;1-2-16-11(15)9-10(13-14-12-9)17-8-6-4-3-5-7-8;13-9(14)7-8(11-12-10-7)15-6-4-2-1-3-5-6;7-6-4-2-1-3-5-6;3*1-6-4-2-3-5-6;1-2-4-5-3-1;2*1-2;;;/h2*3-11,23H,2,12-13H2,1H3;3-6,18H,2,7-8H2,1H3;3-7H,2H2,1H3,(H,12,13,14);1-5H,(H,13,14)(H,10,11,12);1-5,7H;3*2-5H2,1H3;5H,1-4H2;2*1H3;1H4;;1H2/q;;;;;;;;;;;;;+1;/p-1. The summed E-state index contributed by atoms with van der Waals surface area (Å²) in [6, 6.07) is 66.9. The van der Waals surface area contributed by atoms with Crippen molar-refractivity contribution in [3.63, 3.8) is 0 Å². The number of carbonyl (C=O) groups excluding carboxylic acids is 4. The average Bonchev–Trinajstić information content (AvgIpc) is 1.69. The van der Waals surface area contributed by atoms with E-state index in [0.717, 1.165) is 33.4 Å². The molecule has 38 nitrogen and oxygen atoms in total. The number of rotatable bonds is 26. The van der Waals surface area contributed by atoms with Gasteiger partial charge in [-0.2, -0.15) is 0 Å². The van der Waals surface area contributed by atoms with Crippen LogP contribution >= 0.6 is 27.5 Å². The molecule has 4 saturated heterocycles. The molecule has 141 heavy (non-hydrogen) atoms. The third-order valence-electron chi connectivity index (χ3n) is 19.3. The Bertz CT molecular complexity index is 5310. The number of hydrogen-bond acceptors (Lipinski definition) is 32. The van der Waals surface area contributed by atoms with E-state index in [2.05, 4.69) is 127 Å². The SMILES string of the molecule is C.C1CCNC1.CBr.CCOC(=O)c1[nH]nnc1Oc1ccccc1.CCOC(=O)c1nnn(Cc2ccc(CO)cc2)c1Cl.CCOC(=O)c1nnn(Cc2ccc(CO)cc2)c1Oc1ccccc1.CCOC(=O)c1nnn(Cc2ccc(CO)cc2)c1Oc1ccccc1.CN1CCCC1.CN1CCCC1.CN1CCCC1.O=C(O)c1[nH]nnc1Oc1ccccc1.Oc1ccccc1.[B]C.[K+].[OH-]. The van der Waals surface area contributed by atoms with Gasteiger partial charge in [-0.25, -0.2) is 48.2 Å². The number of aromatic carboxylic acids is 1. The molecular weight excluding hydrogens is 1920 g/mol. The van der Waals surface area contributed by atoms with Crippen molar-refractivity contribution in [3.05, 3.63) is 291 Å². The Morgan fingerprint density at radius 2 is 0.652 bits per heavy atom. The number of aliphatic hydroxyl groups is 3. The van der Waals surface area contributed by atoms with Crippen LogP contribution in [0.1, 0.15) is 172 Å². The molecule has 13 aromatic rings. The molecule has 42 heteroatoms. The van der Waals surface area contributed by atoms with E-state index in [1.165, 1.54) is 125 Å². The van der Waals surface area contributed by atoms with Crippen molar-refractivity contribution in [2.24, 2.45) is 0 Å². The first-order valence-electron chi connectivity index (χ1n) is 44.9. The van der Waals surface area contributed by atoms with Crippen LogP contribution < -0.4 is 75.6 Å². The minimum atomic E-state index is -1.16. The number of benzene rings is 8. The van der Waals surface area contributed by atoms with Crippen LogP contribution in [-0.2, 0) is 58.4 Å². The van der Waals surface area contributed by atoms with Gasteiger partial charge in [0, 0.05) is 0 Å². The van der Waals surface area contributed by atoms with Gasteiger partial charge in [-0.15, -0.1) is 15.3 Å². The Hall–Kier alpha value is -12.0. The summed E-state index contributed by atoms with van der Waals surface area (Å²) in [7, 11) is 11.0. The fourth-order valence-corrected chi connectivity index (χ4v) is 12.5. The van der Waals surface area contributed by atoms with Crippen LogP contribution in [0, 0.1) is 0 Å². The van der Waals surface area contributed by atoms with Crippen molar-refractivity contribution >= 4 is 65.2 Å². The van der Waals surface area contributed by atoms with Crippen LogP contribution in [0.3, 0.4) is 0 Å². The number of likely N-dealkylation sites (tertiary alicyclic amines) is 3. The van der Waals surface area contributed by atoms with Crippen LogP contribution in [-0.4, -0.2) is 265 Å². The third kappa shape index (κ3) is 46.5. The van der Waals surface area contributed by atoms with Crippen molar-refractivity contribution in [2.75, 3.05) is 106 Å². The number of ether oxygens (including phenoxy) is 8. The Morgan fingerprint density at radius 1 is 0.383 bits per heavy atom. The van der Waals surface area contributed by atoms with Crippen molar-refractivity contribution in [2.45, 2.75) is 133 Å². The summed E-state index contributed by atoms with van der Waals surface area (Å²) in [6.45, 7) is 20.9. The van der Waals surface area contributed by atoms with E-state index in [4.69, 9.17) is 75.0 Å². The number of aromatic nitrogens is 15. The first-order chi connectivity index (χ1) is 67.2. The number of alkyl halides is 1. The maximum absolute atomic E-state index is 12.2. The molecule has 752 valence electrons. The Labute approximate surface area is 880 Å². The number of carboxylic acid groups (broad SMARTS) is 1. The Morgan fingerprint density at radius 3 is 0.929 bits per heavy atom. The number of aromatic amines is 2. The van der Waals surface area contributed by atoms with E-state index in [1.54, 1.807) is 113 Å². The number of phenolic OH excluding ortho intramolecular Hbond substituents is 1. The minimum absolute atomic E-state index is 0. The predicted molar refractivity (Wildman–Crippen MR) is 535 cm³/mol. The van der Waals surface area contributed by atoms with Gasteiger partial charge in [0.15, 0.2) is 5.15 Å². The normalized spacial score (nSPS) is 12.2. The quantitative estimate of drug-likeness (QED) is 0.0108. The average molecular weight is 2050 g/mol. The monoisotopic (exact) mass is 2050 g/mol. The second-order valence-electron chi connectivity index (χ2n) is 29.8. The Kier molecular flexibility index (Phi) is 63.8. The second kappa shape index (κ2) is 73.1. The number of phenols is 1. The van der Waals surface area contributed by atoms with Crippen LogP contribution in [0.5, 0.6) is 52.3 Å². The molecule has 8 aromatic carbocycles. The smallest absolute Gasteiger partial charge is 0.870 e. The third-order valence-corrected chi connectivity index (χ3v) is 19.7. The molecule has 0 saturated carbocycles. The van der Waals surface area contributed by atoms with Gasteiger partial charge in [0.2, 0.25) is 28.5 Å². The maximum atomic E-state index is 12.2. The molecule has 0 spiro atoms. The Balaban J connectivity index is 0.000000418. The largest absolute Gasteiger partial charge is 1.00 e. The second-order valence-corrected chi connectivity index (χ2v) is 30.1. The summed E-state index contributed by atoms with van der Waals surface area (Å²) in [4.78, 5) is 65.2. The minimum Gasteiger partial charge on any atom is -0.870 e. The van der Waals surface area contributed by atoms with Gasteiger partial charge in [0.25, 0.3) is 23.5 Å². The molecule has 9 heterocycles. The van der Waals surface area contributed by atoms with Crippen molar-refractivity contribution in [3.8, 4) is 52.3 Å². The van der Waals surface area contributed by atoms with Gasteiger partial charge in [-0.1, -0.05) is 242 Å². The van der Waals surface area contributed by atoms with Crippen LogP contribution in [0.2, 0.25) is 12.0 Å². The van der Waals surface area contributed by atoms with Gasteiger partial charge < -0.3 is 88.9 Å². The van der Waals surface area contributed by atoms with Crippen molar-refractivity contribution in [1.82, 2.24) is 95.8 Å². The fourth-order valence-electron chi connectivity index (χ4n) is 12.3. The number of hydrogen-bond donors (Lipinski definition) is 8. The van der Waals surface area contributed by atoms with Gasteiger partial charge in [-0.3, -0.25) is 0 Å². The number of H-pyrrole nitrogens is 2. The molecule has 0 amide bonds. The number of carboxylic acids is 1. The molecule has 0 aliphatic carbocycles. The molecular formula is C99H129BBrClKN19O19. The summed E-state index contributed by atoms with van der Waals surface area (Å²) in [5, 5.41) is 90.3. The molecule has 4 fully saturated rings. The zero-order valence-electron chi connectivity index (χ0n) is 80.7. The summed E-state index contributed by atoms with van der Waals surface area (Å²) >= 11 is 9.00. The van der Waals surface area contributed by atoms with E-state index in [1.807, 2.05) is 145 Å². The molecule has 9 N–H and O–H groups in total. The molecule has 4 aliphatic heterocycles. The molecule has 0 unspecified atom stereocenters. The van der Waals surface area contributed by atoms with Crippen molar-refractivity contribution in [1.29, 1.82) is 0 Å². The number of nitrogens with one attached hydrogen (secondary N) is 3. The molecule has 0 atom stereocenters. The molecule has 0 bridgehead atoms. The summed E-state index contributed by atoms with van der Waals surface area (Å²) in [5.41, 5.74) is 5.27. The van der Waals surface area contributed by atoms with E-state index in [0.29, 0.717) is 48.4 Å². The van der Waals surface area contributed by atoms with Crippen LogP contribution in [0.4, 0.5) is 0 Å². The van der Waals surface area contributed by atoms with Gasteiger partial charge in [0.05, 0.1) is 73.7 Å². The van der Waals surface area contributed by atoms with Gasteiger partial charge in [-0.05, 0) is 252 Å². The first-order valence-corrected chi connectivity index (χ1v) is 46.8. The molecule has 5 aromatic heterocycles. The zero-order chi connectivity index (χ0) is 99.9. The van der Waals surface area contributed by atoms with Gasteiger partial charge >= 0.3 is 81.2 Å². The zero-order valence-corrected chi connectivity index (χ0v) is 86.2. The van der Waals surface area contributed by atoms with Crippen molar-refractivity contribution < 1.29 is 144 Å². The molecule has 4 aliphatic rings. The van der Waals surface area contributed by atoms with E-state index < -0.39 is 29.8 Å². The van der Waals surface area contributed by atoms with Crippen LogP contribution in [0.15, 0.2) is 224 Å². The topological polar surface area (TPSA) is 487 Å². The number of nitrogens with zero attached hydrogens (tertiary/aromatic N) is 16. The van der Waals surface area contributed by atoms with E-state index in [9.17, 15) is 24.0 Å². The van der Waals surface area contributed by atoms with E-state index in [-0.39, 0.29) is 168 Å². The summed E-state index contributed by atoms with van der Waals surface area (Å²) in [6.07, 6.45) is 11.3. The van der Waals surface area contributed by atoms with E-state index >= 15 is 0 Å².